The van der Waals surface area contributed by atoms with Gasteiger partial charge < -0.3 is 30.5 Å². The van der Waals surface area contributed by atoms with E-state index in [0.717, 1.165) is 29.1 Å². The van der Waals surface area contributed by atoms with E-state index in [4.69, 9.17) is 10.5 Å². The maximum Gasteiger partial charge on any atom is 0.481 e. The lowest BCUT2D eigenvalue weighted by Crippen LogP contribution is -2.37. The van der Waals surface area contributed by atoms with Gasteiger partial charge in [-0.15, -0.1) is 0 Å². The van der Waals surface area contributed by atoms with Crippen LogP contribution >= 0.6 is 15.6 Å². The summed E-state index contributed by atoms with van der Waals surface area (Å²) in [6, 6.07) is 0.974. The lowest BCUT2D eigenvalue weighted by Gasteiger charge is -2.19. The van der Waals surface area contributed by atoms with Gasteiger partial charge in [-0.05, 0) is 12.3 Å². The summed E-state index contributed by atoms with van der Waals surface area (Å²) in [5, 5.41) is 20.0. The Balaban J connectivity index is 2.01. The average Bonchev–Trinajstić information content (AvgIpc) is 2.87. The van der Waals surface area contributed by atoms with Gasteiger partial charge in [0.25, 0.3) is 5.56 Å². The smallest absolute Gasteiger partial charge is 0.405 e. The predicted molar refractivity (Wildman–Crippen MR) is 93.2 cm³/mol. The number of aromatic nitrogens is 2. The minimum Gasteiger partial charge on any atom is -0.405 e. The second-order valence-corrected chi connectivity index (χ2v) is 8.65. The number of hydrogen-bond acceptors (Lipinski definition) is 11. The van der Waals surface area contributed by atoms with Crippen LogP contribution in [0.3, 0.4) is 0 Å². The lowest BCUT2D eigenvalue weighted by molar-refractivity contribution is -0.0543. The van der Waals surface area contributed by atoms with Crippen molar-refractivity contribution in [3.05, 3.63) is 45.4 Å². The molecule has 1 aromatic heterocycles. The van der Waals surface area contributed by atoms with Crippen LogP contribution in [0.2, 0.25) is 0 Å². The Morgan fingerprint density at radius 2 is 1.86 bits per heavy atom. The molecule has 2 heterocycles. The molecule has 0 aliphatic carbocycles. The first-order chi connectivity index (χ1) is 13.5. The van der Waals surface area contributed by atoms with Gasteiger partial charge in [0.1, 0.15) is 18.3 Å². The third kappa shape index (κ3) is 6.42. The van der Waals surface area contributed by atoms with Crippen LogP contribution in [0.4, 0.5) is 0 Å². The fourth-order valence-electron chi connectivity index (χ4n) is 2.26. The van der Waals surface area contributed by atoms with Gasteiger partial charge in [0, 0.05) is 12.3 Å². The summed E-state index contributed by atoms with van der Waals surface area (Å²) >= 11 is 0. The highest BCUT2D eigenvalue weighted by Crippen LogP contribution is 2.60. The van der Waals surface area contributed by atoms with Crippen LogP contribution in [-0.2, 0) is 27.2 Å². The van der Waals surface area contributed by atoms with Crippen molar-refractivity contribution in [3.63, 3.8) is 0 Å². The first-order valence-electron chi connectivity index (χ1n) is 7.81. The largest absolute Gasteiger partial charge is 0.481 e. The Kier molecular flexibility index (Phi) is 7.70. The quantitative estimate of drug-likeness (QED) is 0.217. The second kappa shape index (κ2) is 9.45. The number of phosphoric ester groups is 2. The number of aliphatic hydroxyl groups excluding tert-OH is 2. The van der Waals surface area contributed by atoms with Crippen molar-refractivity contribution in [2.24, 2.45) is 5.73 Å². The molecule has 15 nitrogen and oxygen atoms in total. The molecule has 0 amide bonds. The highest BCUT2D eigenvalue weighted by molar-refractivity contribution is 7.61. The molecule has 6 unspecified atom stereocenters. The molecule has 2 rings (SSSR count). The minimum atomic E-state index is -5.15. The van der Waals surface area contributed by atoms with E-state index >= 15 is 0 Å². The summed E-state index contributed by atoms with van der Waals surface area (Å²) in [6.45, 7) is -1.36. The Hall–Kier alpha value is -1.64. The summed E-state index contributed by atoms with van der Waals surface area (Å²) in [7, 11) is -10.1. The van der Waals surface area contributed by atoms with Crippen molar-refractivity contribution in [2.75, 3.05) is 13.2 Å². The standard InChI is InChI=1S/C12H19N3O12P2/c13-3-1-5-24-28(20,21)27-29(22,23)25-6-7-9(17)10(18)11(26-7)15-4-2-8(16)14-12(15)19/h1-4,7,9-11,17-18H,5-6,13H2,(H,20,21)(H,22,23)(H,14,16,19)/b3-1-. The van der Waals surface area contributed by atoms with Crippen molar-refractivity contribution in [1.82, 2.24) is 9.55 Å². The van der Waals surface area contributed by atoms with E-state index in [9.17, 15) is 38.7 Å². The fraction of sp³-hybridized carbons (Fsp3) is 0.500. The number of aliphatic hydroxyl groups is 2. The number of aromatic amines is 1. The van der Waals surface area contributed by atoms with Crippen molar-refractivity contribution >= 4 is 15.6 Å². The molecule has 0 saturated carbocycles. The number of phosphoric acid groups is 2. The van der Waals surface area contributed by atoms with E-state index in [-0.39, 0.29) is 0 Å². The van der Waals surface area contributed by atoms with Gasteiger partial charge >= 0.3 is 21.3 Å². The molecular weight excluding hydrogens is 440 g/mol. The predicted octanol–water partition coefficient (Wildman–Crippen LogP) is -2.12. The number of rotatable bonds is 9. The third-order valence-electron chi connectivity index (χ3n) is 3.54. The molecule has 1 aliphatic heterocycles. The number of ether oxygens (including phenoxy) is 1. The highest BCUT2D eigenvalue weighted by atomic mass is 31.3. The summed E-state index contributed by atoms with van der Waals surface area (Å²) in [4.78, 5) is 43.7. The van der Waals surface area contributed by atoms with Gasteiger partial charge in [-0.2, -0.15) is 4.31 Å². The summed E-state index contributed by atoms with van der Waals surface area (Å²) in [5.74, 6) is 0. The molecule has 0 aromatic carbocycles. The maximum atomic E-state index is 11.8. The number of hydrogen-bond donors (Lipinski definition) is 6. The third-order valence-corrected chi connectivity index (χ3v) is 6.14. The molecule has 164 valence electrons. The molecule has 1 aliphatic rings. The van der Waals surface area contributed by atoms with E-state index in [1.165, 1.54) is 0 Å². The van der Waals surface area contributed by atoms with Crippen LogP contribution in [-0.4, -0.2) is 61.1 Å². The Bertz CT molecular complexity index is 945. The molecule has 29 heavy (non-hydrogen) atoms. The van der Waals surface area contributed by atoms with E-state index < -0.39 is 64.6 Å². The molecule has 6 atom stereocenters. The van der Waals surface area contributed by atoms with Gasteiger partial charge in [-0.25, -0.2) is 13.9 Å². The lowest BCUT2D eigenvalue weighted by atomic mass is 10.1. The van der Waals surface area contributed by atoms with Crippen LogP contribution in [0.5, 0.6) is 0 Å². The van der Waals surface area contributed by atoms with Crippen LogP contribution < -0.4 is 17.0 Å². The van der Waals surface area contributed by atoms with Crippen molar-refractivity contribution in [3.8, 4) is 0 Å². The van der Waals surface area contributed by atoms with Gasteiger partial charge in [-0.3, -0.25) is 23.4 Å². The average molecular weight is 459 g/mol. The van der Waals surface area contributed by atoms with E-state index in [1.54, 1.807) is 0 Å². The molecule has 0 bridgehead atoms. The number of nitrogens with two attached hydrogens (primary N) is 1. The molecular formula is C12H19N3O12P2. The SMILES string of the molecule is N/C=C\COP(=O)(O)OP(=O)(O)OCC1OC(n2ccc(=O)[nH]c2=O)C(O)C1O. The summed E-state index contributed by atoms with van der Waals surface area (Å²) < 4.78 is 42.3. The first-order valence-corrected chi connectivity index (χ1v) is 10.8. The fourth-order valence-corrected chi connectivity index (χ4v) is 4.29. The molecule has 17 heteroatoms. The second-order valence-electron chi connectivity index (χ2n) is 5.60. The van der Waals surface area contributed by atoms with Crippen molar-refractivity contribution < 1.29 is 47.2 Å². The Morgan fingerprint density at radius 3 is 2.48 bits per heavy atom. The van der Waals surface area contributed by atoms with E-state index in [1.807, 2.05) is 4.98 Å². The minimum absolute atomic E-state index is 0.490. The zero-order valence-electron chi connectivity index (χ0n) is 14.5. The zero-order valence-corrected chi connectivity index (χ0v) is 16.3. The normalized spacial score (nSPS) is 29.0. The first kappa shape index (κ1) is 23.6. The molecule has 7 N–H and O–H groups in total. The van der Waals surface area contributed by atoms with Gasteiger partial charge in [0.2, 0.25) is 0 Å². The van der Waals surface area contributed by atoms with Crippen LogP contribution in [0.1, 0.15) is 6.23 Å². The Morgan fingerprint density at radius 1 is 1.21 bits per heavy atom. The van der Waals surface area contributed by atoms with Crippen molar-refractivity contribution in [1.29, 1.82) is 0 Å². The van der Waals surface area contributed by atoms with Crippen molar-refractivity contribution in [2.45, 2.75) is 24.5 Å². The Labute approximate surface area is 162 Å². The number of nitrogens with zero attached hydrogens (tertiary/aromatic N) is 1. The van der Waals surface area contributed by atoms with E-state index in [0.29, 0.717) is 0 Å². The highest BCUT2D eigenvalue weighted by Gasteiger charge is 2.46. The number of H-pyrrole nitrogens is 1. The topological polar surface area (TPSA) is 233 Å². The summed E-state index contributed by atoms with van der Waals surface area (Å²) in [6.07, 6.45) is -3.08. The zero-order chi connectivity index (χ0) is 21.8. The molecule has 1 aromatic rings. The van der Waals surface area contributed by atoms with Gasteiger partial charge in [-0.1, -0.05) is 0 Å². The monoisotopic (exact) mass is 459 g/mol. The molecule has 0 spiro atoms. The maximum absolute atomic E-state index is 11.8. The van der Waals surface area contributed by atoms with Crippen LogP contribution in [0.15, 0.2) is 34.1 Å². The van der Waals surface area contributed by atoms with Gasteiger partial charge in [0.05, 0.1) is 13.2 Å². The number of nitrogens with one attached hydrogen (secondary N) is 1. The molecule has 0 radical (unpaired) electrons. The van der Waals surface area contributed by atoms with E-state index in [2.05, 4.69) is 13.4 Å². The van der Waals surface area contributed by atoms with Crippen LogP contribution in [0, 0.1) is 0 Å². The van der Waals surface area contributed by atoms with Crippen LogP contribution in [0.25, 0.3) is 0 Å². The summed E-state index contributed by atoms with van der Waals surface area (Å²) in [5.41, 5.74) is 3.37. The van der Waals surface area contributed by atoms with Gasteiger partial charge in [0.15, 0.2) is 6.23 Å². The molecule has 1 saturated heterocycles. The molecule has 1 fully saturated rings.